The van der Waals surface area contributed by atoms with Crippen LogP contribution in [0.1, 0.15) is 41.9 Å². The Morgan fingerprint density at radius 1 is 1.16 bits per heavy atom. The van der Waals surface area contributed by atoms with E-state index in [1.807, 2.05) is 30.3 Å². The number of nitrogens with zero attached hydrogens (tertiary/aromatic N) is 3. The number of aromatic nitrogens is 3. The van der Waals surface area contributed by atoms with Crippen LogP contribution in [0, 0.1) is 11.3 Å². The first-order valence-corrected chi connectivity index (χ1v) is 9.81. The van der Waals surface area contributed by atoms with Crippen LogP contribution in [-0.4, -0.2) is 19.2 Å². The first-order valence-electron chi connectivity index (χ1n) is 8.49. The fourth-order valence-corrected chi connectivity index (χ4v) is 4.40. The zero-order valence-electron chi connectivity index (χ0n) is 13.8. The number of para-hydroxylation sites is 2. The molecule has 0 bridgehead atoms. The molecular weight excluding hydrogens is 332 g/mol. The second-order valence-electron chi connectivity index (χ2n) is 6.31. The smallest absolute Gasteiger partial charge is 0.145 e. The van der Waals surface area contributed by atoms with Gasteiger partial charge in [-0.1, -0.05) is 18.6 Å². The van der Waals surface area contributed by atoms with E-state index in [0.29, 0.717) is 16.4 Å². The van der Waals surface area contributed by atoms with Gasteiger partial charge in [-0.25, -0.2) is 9.97 Å². The van der Waals surface area contributed by atoms with Crippen molar-refractivity contribution in [1.29, 1.82) is 5.26 Å². The quantitative estimate of drug-likeness (QED) is 0.734. The van der Waals surface area contributed by atoms with Crippen molar-refractivity contribution in [1.82, 2.24) is 15.0 Å². The molecule has 0 aliphatic heterocycles. The van der Waals surface area contributed by atoms with Gasteiger partial charge in [0.15, 0.2) is 0 Å². The summed E-state index contributed by atoms with van der Waals surface area (Å²) in [5.41, 5.74) is 4.34. The van der Waals surface area contributed by atoms with E-state index in [2.05, 4.69) is 21.0 Å². The number of hydrogen-bond acceptors (Lipinski definition) is 4. The summed E-state index contributed by atoms with van der Waals surface area (Å²) in [7, 11) is -1.40. The lowest BCUT2D eigenvalue weighted by Crippen LogP contribution is -2.07. The van der Waals surface area contributed by atoms with Crippen LogP contribution in [0.3, 0.4) is 0 Å². The minimum absolute atomic E-state index is 0.231. The van der Waals surface area contributed by atoms with Crippen LogP contribution in [0.5, 0.6) is 0 Å². The Morgan fingerprint density at radius 3 is 2.84 bits per heavy atom. The average molecular weight is 350 g/mol. The minimum Gasteiger partial charge on any atom is -0.341 e. The predicted molar refractivity (Wildman–Crippen MR) is 96.4 cm³/mol. The first kappa shape index (κ1) is 16.0. The number of H-pyrrole nitrogens is 1. The number of pyridine rings is 1. The van der Waals surface area contributed by atoms with Gasteiger partial charge >= 0.3 is 0 Å². The molecule has 0 fully saturated rings. The molecule has 1 aromatic carbocycles. The Balaban J connectivity index is 1.67. The lowest BCUT2D eigenvalue weighted by molar-refractivity contribution is 0.676. The Labute approximate surface area is 148 Å². The Hall–Kier alpha value is -2.52. The molecule has 2 heterocycles. The normalized spacial score (nSPS) is 15.3. The molecule has 1 aliphatic rings. The summed E-state index contributed by atoms with van der Waals surface area (Å²) in [6.45, 7) is 0. The van der Waals surface area contributed by atoms with Crippen molar-refractivity contribution in [2.24, 2.45) is 0 Å². The maximum atomic E-state index is 12.9. The third-order valence-corrected chi connectivity index (χ3v) is 5.84. The SMILES string of the molecule is N#Cc1cc2c(nc1[S@@](=O)Cc1nc3ccccc3[nH]1)CCCCC2. The molecule has 6 heteroatoms. The summed E-state index contributed by atoms with van der Waals surface area (Å²) in [6.07, 6.45) is 5.25. The van der Waals surface area contributed by atoms with Gasteiger partial charge in [-0.3, -0.25) is 4.21 Å². The predicted octanol–water partition coefficient (Wildman–Crippen LogP) is 3.41. The van der Waals surface area contributed by atoms with E-state index < -0.39 is 10.8 Å². The molecule has 1 atom stereocenters. The number of aromatic amines is 1. The van der Waals surface area contributed by atoms with Crippen molar-refractivity contribution in [3.05, 3.63) is 53.0 Å². The fraction of sp³-hybridized carbons (Fsp3) is 0.316. The van der Waals surface area contributed by atoms with Crippen LogP contribution >= 0.6 is 0 Å². The van der Waals surface area contributed by atoms with E-state index in [9.17, 15) is 9.47 Å². The number of fused-ring (bicyclic) bond motifs is 2. The summed E-state index contributed by atoms with van der Waals surface area (Å²) >= 11 is 0. The van der Waals surface area contributed by atoms with E-state index in [1.54, 1.807) is 0 Å². The topological polar surface area (TPSA) is 82.4 Å². The maximum Gasteiger partial charge on any atom is 0.145 e. The summed E-state index contributed by atoms with van der Waals surface area (Å²) in [5.74, 6) is 0.884. The second kappa shape index (κ2) is 6.77. The summed E-state index contributed by atoms with van der Waals surface area (Å²) in [5, 5.41) is 9.86. The highest BCUT2D eigenvalue weighted by molar-refractivity contribution is 7.84. The van der Waals surface area contributed by atoms with Crippen molar-refractivity contribution in [3.63, 3.8) is 0 Å². The van der Waals surface area contributed by atoms with Gasteiger partial charge in [-0.05, 0) is 49.4 Å². The van der Waals surface area contributed by atoms with Crippen LogP contribution in [0.4, 0.5) is 0 Å². The molecule has 0 amide bonds. The molecule has 0 spiro atoms. The van der Waals surface area contributed by atoms with E-state index in [-0.39, 0.29) is 5.75 Å². The van der Waals surface area contributed by atoms with E-state index >= 15 is 0 Å². The highest BCUT2D eigenvalue weighted by Gasteiger charge is 2.19. The van der Waals surface area contributed by atoms with Gasteiger partial charge in [-0.2, -0.15) is 5.26 Å². The number of aryl methyl sites for hydroxylation is 2. The van der Waals surface area contributed by atoms with Crippen molar-refractivity contribution in [2.75, 3.05) is 0 Å². The monoisotopic (exact) mass is 350 g/mol. The molecule has 4 rings (SSSR count). The van der Waals surface area contributed by atoms with Gasteiger partial charge in [0.25, 0.3) is 0 Å². The van der Waals surface area contributed by atoms with Crippen LogP contribution in [0.25, 0.3) is 11.0 Å². The standard InChI is InChI=1S/C19H18N4OS/c20-11-14-10-13-6-2-1-3-7-15(13)23-19(14)25(24)12-18-21-16-8-4-5-9-17(16)22-18/h4-5,8-10H,1-3,6-7,12H2,(H,21,22)/t25-/m0/s1. The number of hydrogen-bond donors (Lipinski definition) is 1. The molecule has 25 heavy (non-hydrogen) atoms. The molecular formula is C19H18N4OS. The summed E-state index contributed by atoms with van der Waals surface area (Å²) < 4.78 is 12.9. The van der Waals surface area contributed by atoms with Crippen LogP contribution in [-0.2, 0) is 29.4 Å². The zero-order chi connectivity index (χ0) is 17.2. The molecule has 1 N–H and O–H groups in total. The maximum absolute atomic E-state index is 12.9. The average Bonchev–Trinajstić information content (AvgIpc) is 2.89. The highest BCUT2D eigenvalue weighted by atomic mass is 32.2. The third kappa shape index (κ3) is 3.20. The molecule has 126 valence electrons. The molecule has 0 saturated heterocycles. The number of imidazole rings is 1. The summed E-state index contributed by atoms with van der Waals surface area (Å²) in [4.78, 5) is 12.3. The lowest BCUT2D eigenvalue weighted by atomic mass is 10.1. The number of rotatable bonds is 3. The largest absolute Gasteiger partial charge is 0.341 e. The van der Waals surface area contributed by atoms with Gasteiger partial charge in [0, 0.05) is 5.69 Å². The molecule has 0 unspecified atom stereocenters. The van der Waals surface area contributed by atoms with Crippen molar-refractivity contribution >= 4 is 21.8 Å². The van der Waals surface area contributed by atoms with E-state index in [4.69, 9.17) is 0 Å². The molecule has 1 aliphatic carbocycles. The molecule has 0 saturated carbocycles. The van der Waals surface area contributed by atoms with E-state index in [1.165, 1.54) is 6.42 Å². The number of nitrogens with one attached hydrogen (secondary N) is 1. The van der Waals surface area contributed by atoms with Gasteiger partial charge in [-0.15, -0.1) is 0 Å². The van der Waals surface area contributed by atoms with Crippen molar-refractivity contribution < 1.29 is 4.21 Å². The highest BCUT2D eigenvalue weighted by Crippen LogP contribution is 2.24. The van der Waals surface area contributed by atoms with Crippen LogP contribution in [0.15, 0.2) is 35.4 Å². The summed E-state index contributed by atoms with van der Waals surface area (Å²) in [6, 6.07) is 11.8. The minimum atomic E-state index is -1.40. The van der Waals surface area contributed by atoms with Gasteiger partial charge in [0.2, 0.25) is 0 Å². The molecule has 5 nitrogen and oxygen atoms in total. The fourth-order valence-electron chi connectivity index (χ4n) is 3.31. The third-order valence-electron chi connectivity index (χ3n) is 4.56. The molecule has 2 aromatic heterocycles. The molecule has 3 aromatic rings. The van der Waals surface area contributed by atoms with Crippen LogP contribution in [0.2, 0.25) is 0 Å². The van der Waals surface area contributed by atoms with E-state index in [0.717, 1.165) is 48.0 Å². The van der Waals surface area contributed by atoms with Crippen molar-refractivity contribution in [2.45, 2.75) is 42.9 Å². The number of benzene rings is 1. The van der Waals surface area contributed by atoms with Crippen LogP contribution < -0.4 is 0 Å². The van der Waals surface area contributed by atoms with Crippen molar-refractivity contribution in [3.8, 4) is 6.07 Å². The van der Waals surface area contributed by atoms with Gasteiger partial charge in [0.1, 0.15) is 16.9 Å². The molecule has 0 radical (unpaired) electrons. The Morgan fingerprint density at radius 2 is 2.00 bits per heavy atom. The second-order valence-corrected chi connectivity index (χ2v) is 7.68. The Kier molecular flexibility index (Phi) is 4.33. The Bertz CT molecular complexity index is 969. The van der Waals surface area contributed by atoms with Gasteiger partial charge < -0.3 is 4.98 Å². The number of nitriles is 1. The van der Waals surface area contributed by atoms with Gasteiger partial charge in [0.05, 0.1) is 33.1 Å². The lowest BCUT2D eigenvalue weighted by Gasteiger charge is -2.09. The first-order chi connectivity index (χ1) is 12.2. The zero-order valence-corrected chi connectivity index (χ0v) is 14.6.